The van der Waals surface area contributed by atoms with Gasteiger partial charge in [0.25, 0.3) is 0 Å². The summed E-state index contributed by atoms with van der Waals surface area (Å²) in [6.07, 6.45) is 2.61. The number of methoxy groups -OCH3 is 1. The Balaban J connectivity index is 2.01. The number of halogens is 3. The smallest absolute Gasteiger partial charge is 0.209 e. The van der Waals surface area contributed by atoms with E-state index in [0.717, 1.165) is 5.56 Å². The molecule has 0 amide bonds. The molecule has 118 valence electrons. The van der Waals surface area contributed by atoms with Crippen molar-refractivity contribution in [3.63, 3.8) is 0 Å². The first kappa shape index (κ1) is 15.1. The molecule has 0 aliphatic heterocycles. The molecular weight excluding hydrogens is 347 g/mol. The first-order valence-corrected chi connectivity index (χ1v) is 8.42. The highest BCUT2D eigenvalue weighted by Crippen LogP contribution is 2.71. The molecule has 3 aliphatic rings. The second kappa shape index (κ2) is 4.32. The number of benzene rings is 1. The van der Waals surface area contributed by atoms with E-state index in [2.05, 4.69) is 0 Å². The van der Waals surface area contributed by atoms with Gasteiger partial charge in [0.2, 0.25) is 4.33 Å². The lowest BCUT2D eigenvalue weighted by molar-refractivity contribution is -0.148. The molecule has 0 radical (unpaired) electrons. The van der Waals surface area contributed by atoms with Crippen LogP contribution in [0.1, 0.15) is 30.4 Å². The number of fused-ring (bicyclic) bond motifs is 3. The summed E-state index contributed by atoms with van der Waals surface area (Å²) in [5.74, 6) is 0.103. The highest BCUT2D eigenvalue weighted by molar-refractivity contribution is 6.59. The first-order valence-electron chi connectivity index (χ1n) is 7.29. The summed E-state index contributed by atoms with van der Waals surface area (Å²) in [6, 6.07) is 3.42. The fourth-order valence-electron chi connectivity index (χ4n) is 4.80. The van der Waals surface area contributed by atoms with E-state index in [0.29, 0.717) is 42.0 Å². The van der Waals surface area contributed by atoms with Crippen LogP contribution in [0.5, 0.6) is 5.75 Å². The number of carbonyl (C=O) groups excluding carboxylic acids is 1. The lowest BCUT2D eigenvalue weighted by Gasteiger charge is -2.49. The summed E-state index contributed by atoms with van der Waals surface area (Å²) in [6.45, 7) is 0. The van der Waals surface area contributed by atoms with Gasteiger partial charge in [-0.1, -0.05) is 40.9 Å². The van der Waals surface area contributed by atoms with Crippen LogP contribution in [0.2, 0.25) is 5.02 Å². The van der Waals surface area contributed by atoms with Crippen molar-refractivity contribution in [3.05, 3.63) is 28.3 Å². The topological polar surface area (TPSA) is 46.5 Å². The third-order valence-electron chi connectivity index (χ3n) is 5.84. The third-order valence-corrected chi connectivity index (χ3v) is 7.18. The predicted molar refractivity (Wildman–Crippen MR) is 84.8 cm³/mol. The van der Waals surface area contributed by atoms with Gasteiger partial charge in [0.05, 0.1) is 12.1 Å². The molecule has 1 spiro atoms. The van der Waals surface area contributed by atoms with Crippen molar-refractivity contribution in [2.75, 3.05) is 7.11 Å². The van der Waals surface area contributed by atoms with Gasteiger partial charge in [0.15, 0.2) is 5.78 Å². The van der Waals surface area contributed by atoms with E-state index in [4.69, 9.17) is 39.5 Å². The molecular formula is C16H15Cl3O3. The van der Waals surface area contributed by atoms with E-state index in [-0.39, 0.29) is 11.7 Å². The molecule has 1 aromatic carbocycles. The Morgan fingerprint density at radius 3 is 2.77 bits per heavy atom. The fraction of sp³-hybridized carbons (Fsp3) is 0.562. The monoisotopic (exact) mass is 360 g/mol. The van der Waals surface area contributed by atoms with Crippen LogP contribution >= 0.6 is 34.8 Å². The minimum atomic E-state index is -1.84. The quantitative estimate of drug-likeness (QED) is 0.777. The van der Waals surface area contributed by atoms with Gasteiger partial charge in [-0.3, -0.25) is 4.79 Å². The van der Waals surface area contributed by atoms with E-state index >= 15 is 0 Å². The van der Waals surface area contributed by atoms with Crippen LogP contribution in [0.15, 0.2) is 12.1 Å². The summed E-state index contributed by atoms with van der Waals surface area (Å²) in [7, 11) is 1.55. The number of carbonyl (C=O) groups is 1. The lowest BCUT2D eigenvalue weighted by Crippen LogP contribution is -2.60. The molecule has 2 saturated carbocycles. The van der Waals surface area contributed by atoms with Crippen LogP contribution in [-0.2, 0) is 16.8 Å². The lowest BCUT2D eigenvalue weighted by atomic mass is 9.64. The molecule has 3 nitrogen and oxygen atoms in total. The second-order valence-electron chi connectivity index (χ2n) is 6.65. The molecule has 0 aromatic heterocycles. The Labute approximate surface area is 143 Å². The Morgan fingerprint density at radius 1 is 1.36 bits per heavy atom. The predicted octanol–water partition coefficient (Wildman–Crippen LogP) is 3.64. The van der Waals surface area contributed by atoms with Crippen molar-refractivity contribution in [2.24, 2.45) is 11.3 Å². The molecule has 3 aliphatic carbocycles. The van der Waals surface area contributed by atoms with Crippen molar-refractivity contribution in [3.8, 4) is 5.75 Å². The maximum atomic E-state index is 12.6. The number of alkyl halides is 2. The van der Waals surface area contributed by atoms with Crippen molar-refractivity contribution < 1.29 is 14.6 Å². The number of Topliss-reactive ketones (excluding diaryl/α,β-unsaturated/α-hetero) is 1. The maximum Gasteiger partial charge on any atom is 0.209 e. The van der Waals surface area contributed by atoms with Crippen LogP contribution in [0.25, 0.3) is 0 Å². The molecule has 6 heteroatoms. The van der Waals surface area contributed by atoms with Gasteiger partial charge in [-0.15, -0.1) is 0 Å². The Hall–Kier alpha value is -0.480. The molecule has 1 N–H and O–H groups in total. The Bertz CT molecular complexity index is 702. The van der Waals surface area contributed by atoms with Crippen LogP contribution in [0, 0.1) is 11.3 Å². The minimum Gasteiger partial charge on any atom is -0.495 e. The highest BCUT2D eigenvalue weighted by Gasteiger charge is 2.75. The number of hydrogen-bond acceptors (Lipinski definition) is 3. The number of aliphatic hydroxyl groups is 1. The van der Waals surface area contributed by atoms with Gasteiger partial charge >= 0.3 is 0 Å². The molecule has 0 heterocycles. The molecule has 2 bridgehead atoms. The number of hydrogen-bond donors (Lipinski definition) is 1. The molecule has 0 unspecified atom stereocenters. The first-order chi connectivity index (χ1) is 10.3. The number of rotatable bonds is 1. The van der Waals surface area contributed by atoms with Crippen LogP contribution in [-0.4, -0.2) is 22.3 Å². The minimum absolute atomic E-state index is 0.176. The van der Waals surface area contributed by atoms with Crippen LogP contribution in [0.3, 0.4) is 0 Å². The standard InChI is InChI=1S/C16H15Cl3O3/c1-22-11-3-2-10-9(12(11)17)7-14-5-4-8(6-14)13(20)16(18,19)15(10,14)21/h2-3,8,21H,4-7H2,1H3/t8-,14+,15-/m1/s1. The largest absolute Gasteiger partial charge is 0.495 e. The van der Waals surface area contributed by atoms with E-state index in [1.165, 1.54) is 0 Å². The van der Waals surface area contributed by atoms with Gasteiger partial charge in [-0.2, -0.15) is 0 Å². The van der Waals surface area contributed by atoms with Gasteiger partial charge in [0.1, 0.15) is 11.4 Å². The summed E-state index contributed by atoms with van der Waals surface area (Å²) in [5, 5.41) is 12.0. The molecule has 1 aromatic rings. The summed E-state index contributed by atoms with van der Waals surface area (Å²) in [5.41, 5.74) is -0.757. The average Bonchev–Trinajstić information content (AvgIpc) is 3.01. The van der Waals surface area contributed by atoms with Gasteiger partial charge in [0, 0.05) is 11.3 Å². The average molecular weight is 362 g/mol. The van der Waals surface area contributed by atoms with Crippen molar-refractivity contribution >= 4 is 40.6 Å². The van der Waals surface area contributed by atoms with Crippen molar-refractivity contribution in [2.45, 2.75) is 35.6 Å². The number of ketones is 1. The summed E-state index contributed by atoms with van der Waals surface area (Å²) < 4.78 is 3.42. The molecule has 3 atom stereocenters. The molecule has 2 fully saturated rings. The molecule has 22 heavy (non-hydrogen) atoms. The van der Waals surface area contributed by atoms with Gasteiger partial charge in [-0.25, -0.2) is 0 Å². The molecule has 4 rings (SSSR count). The van der Waals surface area contributed by atoms with Gasteiger partial charge in [-0.05, 0) is 42.9 Å². The van der Waals surface area contributed by atoms with Gasteiger partial charge < -0.3 is 9.84 Å². The maximum absolute atomic E-state index is 12.6. The third kappa shape index (κ3) is 1.43. The summed E-state index contributed by atoms with van der Waals surface area (Å²) >= 11 is 19.3. The van der Waals surface area contributed by atoms with Crippen LogP contribution < -0.4 is 4.74 Å². The van der Waals surface area contributed by atoms with Crippen molar-refractivity contribution in [1.82, 2.24) is 0 Å². The van der Waals surface area contributed by atoms with Crippen molar-refractivity contribution in [1.29, 1.82) is 0 Å². The fourth-order valence-corrected chi connectivity index (χ4v) is 6.02. The Kier molecular flexibility index (Phi) is 2.96. The van der Waals surface area contributed by atoms with E-state index in [9.17, 15) is 9.90 Å². The molecule has 0 saturated heterocycles. The zero-order chi connectivity index (χ0) is 15.9. The SMILES string of the molecule is COc1ccc2c(c1Cl)C[C@]13CC[C@H](C1)C(=O)C(Cl)(Cl)[C@@]23O. The van der Waals surface area contributed by atoms with Crippen LogP contribution in [0.4, 0.5) is 0 Å². The second-order valence-corrected chi connectivity index (χ2v) is 8.36. The normalized spacial score (nSPS) is 37.9. The van der Waals surface area contributed by atoms with E-state index in [1.54, 1.807) is 19.2 Å². The van der Waals surface area contributed by atoms with E-state index in [1.807, 2.05) is 0 Å². The Morgan fingerprint density at radius 2 is 2.09 bits per heavy atom. The zero-order valence-electron chi connectivity index (χ0n) is 12.0. The zero-order valence-corrected chi connectivity index (χ0v) is 14.2. The van der Waals surface area contributed by atoms with E-state index < -0.39 is 15.3 Å². The summed E-state index contributed by atoms with van der Waals surface area (Å²) in [4.78, 5) is 12.6. The number of ether oxygens (including phenoxy) is 1. The highest BCUT2D eigenvalue weighted by atomic mass is 35.5.